The fourth-order valence-electron chi connectivity index (χ4n) is 3.84. The molecule has 0 aliphatic carbocycles. The highest BCUT2D eigenvalue weighted by atomic mass is 16.1. The van der Waals surface area contributed by atoms with Crippen LogP contribution in [-0.4, -0.2) is 47.2 Å². The summed E-state index contributed by atoms with van der Waals surface area (Å²) < 4.78 is 3.52. The minimum atomic E-state index is -0.0768. The highest BCUT2D eigenvalue weighted by molar-refractivity contribution is 5.38. The van der Waals surface area contributed by atoms with Crippen molar-refractivity contribution >= 4 is 11.3 Å². The van der Waals surface area contributed by atoms with Crippen molar-refractivity contribution in [1.29, 1.82) is 0 Å². The van der Waals surface area contributed by atoms with E-state index in [4.69, 9.17) is 0 Å². The van der Waals surface area contributed by atoms with Crippen LogP contribution in [0.5, 0.6) is 0 Å². The second-order valence-electron chi connectivity index (χ2n) is 6.80. The molecule has 0 bridgehead atoms. The molecule has 4 aromatic heterocycles. The first-order valence-electron chi connectivity index (χ1n) is 8.86. The summed E-state index contributed by atoms with van der Waals surface area (Å²) in [6.07, 6.45) is 5.93. The molecule has 1 unspecified atom stereocenters. The molecule has 1 aliphatic heterocycles. The first-order valence-corrected chi connectivity index (χ1v) is 8.86. The van der Waals surface area contributed by atoms with Crippen molar-refractivity contribution < 1.29 is 0 Å². The quantitative estimate of drug-likeness (QED) is 0.605. The molecule has 1 aliphatic rings. The fraction of sp³-hybridized carbons (Fsp3) is 0.333. The van der Waals surface area contributed by atoms with Gasteiger partial charge in [0.05, 0.1) is 5.69 Å². The summed E-state index contributed by atoms with van der Waals surface area (Å²) in [5.74, 6) is 1.35. The molecule has 8 heteroatoms. The van der Waals surface area contributed by atoms with Gasteiger partial charge in [-0.05, 0) is 31.5 Å². The molecule has 26 heavy (non-hydrogen) atoms. The summed E-state index contributed by atoms with van der Waals surface area (Å²) in [5.41, 5.74) is 2.27. The molecule has 0 radical (unpaired) electrons. The Labute approximate surface area is 149 Å². The number of likely N-dealkylation sites (tertiary alicyclic amines) is 1. The Morgan fingerprint density at radius 3 is 3.12 bits per heavy atom. The zero-order valence-corrected chi connectivity index (χ0v) is 14.2. The van der Waals surface area contributed by atoms with Crippen molar-refractivity contribution in [1.82, 2.24) is 34.1 Å². The van der Waals surface area contributed by atoms with Crippen molar-refractivity contribution in [2.75, 3.05) is 13.1 Å². The molecule has 8 nitrogen and oxygen atoms in total. The van der Waals surface area contributed by atoms with Gasteiger partial charge in [-0.3, -0.25) is 19.2 Å². The van der Waals surface area contributed by atoms with Crippen LogP contribution < -0.4 is 5.56 Å². The number of hydrogen-bond acceptors (Lipinski definition) is 5. The second-order valence-corrected chi connectivity index (χ2v) is 6.80. The number of nitrogens with zero attached hydrogens (tertiary/aromatic N) is 6. The third-order valence-electron chi connectivity index (χ3n) is 5.03. The lowest BCUT2D eigenvalue weighted by atomic mass is 9.97. The van der Waals surface area contributed by atoms with E-state index in [-0.39, 0.29) is 5.56 Å². The van der Waals surface area contributed by atoms with Gasteiger partial charge in [0.1, 0.15) is 5.82 Å². The molecule has 0 amide bonds. The Morgan fingerprint density at radius 2 is 2.15 bits per heavy atom. The molecule has 132 valence electrons. The number of pyridine rings is 1. The molecule has 0 spiro atoms. The van der Waals surface area contributed by atoms with E-state index < -0.39 is 0 Å². The zero-order chi connectivity index (χ0) is 17.5. The van der Waals surface area contributed by atoms with E-state index in [0.29, 0.717) is 18.1 Å². The zero-order valence-electron chi connectivity index (χ0n) is 14.2. The average molecular weight is 349 g/mol. The molecule has 1 N–H and O–H groups in total. The molecule has 1 atom stereocenters. The van der Waals surface area contributed by atoms with Crippen LogP contribution in [0.1, 0.15) is 30.3 Å². The lowest BCUT2D eigenvalue weighted by Crippen LogP contribution is -2.35. The summed E-state index contributed by atoms with van der Waals surface area (Å²) in [4.78, 5) is 19.1. The SMILES string of the molecule is O=c1cc(CN2CCCC(c3nnc4ccccn34)C2)nc2cc[nH]n12. The third-order valence-corrected chi connectivity index (χ3v) is 5.03. The minimum Gasteiger partial charge on any atom is -0.297 e. The number of aromatic amines is 1. The number of hydrogen-bond donors (Lipinski definition) is 1. The highest BCUT2D eigenvalue weighted by Gasteiger charge is 2.25. The summed E-state index contributed by atoms with van der Waals surface area (Å²) >= 11 is 0. The minimum absolute atomic E-state index is 0.0768. The second kappa shape index (κ2) is 6.06. The van der Waals surface area contributed by atoms with Gasteiger partial charge >= 0.3 is 0 Å². The number of rotatable bonds is 3. The molecule has 1 fully saturated rings. The Kier molecular flexibility index (Phi) is 3.56. The predicted octanol–water partition coefficient (Wildman–Crippen LogP) is 1.44. The van der Waals surface area contributed by atoms with E-state index in [2.05, 4.69) is 29.6 Å². The van der Waals surface area contributed by atoms with Crippen molar-refractivity contribution in [3.63, 3.8) is 0 Å². The first kappa shape index (κ1) is 15.3. The summed E-state index contributed by atoms with van der Waals surface area (Å²) in [7, 11) is 0. The lowest BCUT2D eigenvalue weighted by Gasteiger charge is -2.31. The molecule has 1 saturated heterocycles. The smallest absolute Gasteiger partial charge is 0.272 e. The standard InChI is InChI=1S/C18H19N7O/c26-17-10-14(20-15-6-7-19-25(15)17)12-23-8-3-4-13(11-23)18-22-21-16-5-1-2-9-24(16)18/h1-2,5-7,9-10,13,19H,3-4,8,11-12H2. The van der Waals surface area contributed by atoms with Gasteiger partial charge in [0, 0.05) is 43.5 Å². The van der Waals surface area contributed by atoms with Gasteiger partial charge in [-0.2, -0.15) is 0 Å². The topological polar surface area (TPSA) is 83.6 Å². The average Bonchev–Trinajstić information content (AvgIpc) is 3.29. The van der Waals surface area contributed by atoms with E-state index in [1.54, 1.807) is 12.3 Å². The van der Waals surface area contributed by atoms with Crippen LogP contribution in [0.15, 0.2) is 47.5 Å². The Balaban J connectivity index is 1.39. The number of H-pyrrole nitrogens is 1. The van der Waals surface area contributed by atoms with E-state index in [0.717, 1.165) is 43.1 Å². The van der Waals surface area contributed by atoms with Gasteiger partial charge in [-0.15, -0.1) is 10.2 Å². The van der Waals surface area contributed by atoms with Gasteiger partial charge in [0.15, 0.2) is 11.3 Å². The molecule has 0 saturated carbocycles. The summed E-state index contributed by atoms with van der Waals surface area (Å²) in [5, 5.41) is 11.6. The van der Waals surface area contributed by atoms with Gasteiger partial charge in [-0.1, -0.05) is 6.07 Å². The Bertz CT molecular complexity index is 1130. The van der Waals surface area contributed by atoms with Crippen LogP contribution in [0.2, 0.25) is 0 Å². The molecule has 0 aromatic carbocycles. The number of aromatic nitrogens is 6. The van der Waals surface area contributed by atoms with E-state index in [9.17, 15) is 4.79 Å². The van der Waals surface area contributed by atoms with Crippen molar-refractivity contribution in [2.45, 2.75) is 25.3 Å². The van der Waals surface area contributed by atoms with Gasteiger partial charge < -0.3 is 0 Å². The van der Waals surface area contributed by atoms with Crippen LogP contribution in [0.3, 0.4) is 0 Å². The predicted molar refractivity (Wildman–Crippen MR) is 96.1 cm³/mol. The molecular formula is C18H19N7O. The highest BCUT2D eigenvalue weighted by Crippen LogP contribution is 2.26. The van der Waals surface area contributed by atoms with Gasteiger partial charge in [-0.25, -0.2) is 9.50 Å². The van der Waals surface area contributed by atoms with Crippen molar-refractivity contribution in [3.8, 4) is 0 Å². The van der Waals surface area contributed by atoms with Gasteiger partial charge in [0.2, 0.25) is 0 Å². The largest absolute Gasteiger partial charge is 0.297 e. The molecular weight excluding hydrogens is 330 g/mol. The van der Waals surface area contributed by atoms with E-state index in [1.807, 2.05) is 30.5 Å². The van der Waals surface area contributed by atoms with Crippen LogP contribution >= 0.6 is 0 Å². The first-order chi connectivity index (χ1) is 12.8. The van der Waals surface area contributed by atoms with E-state index >= 15 is 0 Å². The Hall–Kier alpha value is -3.00. The molecule has 4 aromatic rings. The third kappa shape index (κ3) is 2.59. The summed E-state index contributed by atoms with van der Waals surface area (Å²) in [6, 6.07) is 9.37. The van der Waals surface area contributed by atoms with Crippen LogP contribution in [0.4, 0.5) is 0 Å². The van der Waals surface area contributed by atoms with Crippen LogP contribution in [-0.2, 0) is 6.54 Å². The maximum absolute atomic E-state index is 12.2. The fourth-order valence-corrected chi connectivity index (χ4v) is 3.84. The Morgan fingerprint density at radius 1 is 1.19 bits per heavy atom. The van der Waals surface area contributed by atoms with Gasteiger partial charge in [0.25, 0.3) is 5.56 Å². The van der Waals surface area contributed by atoms with E-state index in [1.165, 1.54) is 4.52 Å². The monoisotopic (exact) mass is 349 g/mol. The van der Waals surface area contributed by atoms with Crippen molar-refractivity contribution in [3.05, 3.63) is 64.6 Å². The lowest BCUT2D eigenvalue weighted by molar-refractivity contribution is 0.194. The summed E-state index contributed by atoms with van der Waals surface area (Å²) in [6.45, 7) is 2.56. The molecule has 5 heterocycles. The van der Waals surface area contributed by atoms with Crippen LogP contribution in [0, 0.1) is 0 Å². The number of fused-ring (bicyclic) bond motifs is 2. The maximum Gasteiger partial charge on any atom is 0.272 e. The number of nitrogens with one attached hydrogen (secondary N) is 1. The van der Waals surface area contributed by atoms with Crippen LogP contribution in [0.25, 0.3) is 11.3 Å². The van der Waals surface area contributed by atoms with Crippen molar-refractivity contribution in [2.24, 2.45) is 0 Å². The number of piperidine rings is 1. The maximum atomic E-state index is 12.2. The molecule has 5 rings (SSSR count). The normalized spacial score (nSPS) is 18.7.